The first-order valence-electron chi connectivity index (χ1n) is 5.90. The number of hydrogen-bond donors (Lipinski definition) is 1. The molecule has 0 bridgehead atoms. The van der Waals surface area contributed by atoms with E-state index in [1.54, 1.807) is 6.92 Å². The van der Waals surface area contributed by atoms with E-state index in [1.165, 1.54) is 26.2 Å². The molecule has 0 heterocycles. The summed E-state index contributed by atoms with van der Waals surface area (Å²) in [5.74, 6) is 0.504. The van der Waals surface area contributed by atoms with Gasteiger partial charge in [-0.1, -0.05) is 13.0 Å². The summed E-state index contributed by atoms with van der Waals surface area (Å²) in [6, 6.07) is 3.72. The zero-order valence-corrected chi connectivity index (χ0v) is 11.0. The van der Waals surface area contributed by atoms with Crippen LogP contribution in [-0.2, 0) is 5.60 Å². The van der Waals surface area contributed by atoms with Crippen LogP contribution in [0.15, 0.2) is 18.2 Å². The highest BCUT2D eigenvalue weighted by Crippen LogP contribution is 2.43. The fourth-order valence-electron chi connectivity index (χ4n) is 1.77. The summed E-state index contributed by atoms with van der Waals surface area (Å²) < 4.78 is 49.1. The van der Waals surface area contributed by atoms with Gasteiger partial charge in [0.05, 0.1) is 13.7 Å². The van der Waals surface area contributed by atoms with Gasteiger partial charge in [0.15, 0.2) is 17.1 Å². The minimum absolute atomic E-state index is 0.162. The third-order valence-corrected chi connectivity index (χ3v) is 2.92. The maximum atomic E-state index is 13.0. The van der Waals surface area contributed by atoms with E-state index in [9.17, 15) is 18.3 Å². The largest absolute Gasteiger partial charge is 0.493 e. The van der Waals surface area contributed by atoms with E-state index in [4.69, 9.17) is 9.47 Å². The van der Waals surface area contributed by atoms with Crippen molar-refractivity contribution in [3.63, 3.8) is 0 Å². The summed E-state index contributed by atoms with van der Waals surface area (Å²) in [7, 11) is 1.33. The van der Waals surface area contributed by atoms with Crippen LogP contribution < -0.4 is 9.47 Å². The molecule has 0 aromatic heterocycles. The van der Waals surface area contributed by atoms with Crippen LogP contribution in [-0.4, -0.2) is 25.0 Å². The topological polar surface area (TPSA) is 38.7 Å². The van der Waals surface area contributed by atoms with Gasteiger partial charge in [-0.25, -0.2) is 0 Å². The number of methoxy groups -OCH3 is 1. The van der Waals surface area contributed by atoms with Gasteiger partial charge in [0.25, 0.3) is 0 Å². The van der Waals surface area contributed by atoms with Crippen LogP contribution in [0.2, 0.25) is 0 Å². The first-order valence-corrected chi connectivity index (χ1v) is 5.90. The highest BCUT2D eigenvalue weighted by Gasteiger charge is 2.53. The van der Waals surface area contributed by atoms with Crippen molar-refractivity contribution in [2.75, 3.05) is 13.7 Å². The van der Waals surface area contributed by atoms with Gasteiger partial charge in [-0.05, 0) is 31.0 Å². The number of halogens is 3. The lowest BCUT2D eigenvalue weighted by Crippen LogP contribution is -2.41. The predicted molar refractivity (Wildman–Crippen MR) is 64.4 cm³/mol. The van der Waals surface area contributed by atoms with Crippen molar-refractivity contribution in [1.82, 2.24) is 0 Å². The molecule has 19 heavy (non-hydrogen) atoms. The molecule has 1 unspecified atom stereocenters. The Hall–Kier alpha value is -1.43. The summed E-state index contributed by atoms with van der Waals surface area (Å²) in [6.45, 7) is 3.40. The highest BCUT2D eigenvalue weighted by atomic mass is 19.4. The SMILES string of the molecule is CCOc1ccc(C(O)(CC)C(F)(F)F)cc1OC. The first kappa shape index (κ1) is 15.6. The Morgan fingerprint density at radius 2 is 1.79 bits per heavy atom. The summed E-state index contributed by atoms with van der Waals surface area (Å²) in [6.07, 6.45) is -5.23. The number of alkyl halides is 3. The van der Waals surface area contributed by atoms with Crippen molar-refractivity contribution in [2.45, 2.75) is 32.0 Å². The molecule has 0 aliphatic rings. The number of hydrogen-bond acceptors (Lipinski definition) is 3. The van der Waals surface area contributed by atoms with E-state index in [-0.39, 0.29) is 11.3 Å². The van der Waals surface area contributed by atoms with Crippen molar-refractivity contribution >= 4 is 0 Å². The highest BCUT2D eigenvalue weighted by molar-refractivity contribution is 5.45. The van der Waals surface area contributed by atoms with Gasteiger partial charge in [-0.15, -0.1) is 0 Å². The van der Waals surface area contributed by atoms with Crippen molar-refractivity contribution in [2.24, 2.45) is 0 Å². The molecule has 3 nitrogen and oxygen atoms in total. The molecule has 0 aliphatic heterocycles. The first-order chi connectivity index (χ1) is 8.80. The van der Waals surface area contributed by atoms with Gasteiger partial charge in [0.2, 0.25) is 0 Å². The van der Waals surface area contributed by atoms with Gasteiger partial charge in [0, 0.05) is 0 Å². The average Bonchev–Trinajstić information content (AvgIpc) is 2.37. The monoisotopic (exact) mass is 278 g/mol. The minimum atomic E-state index is -4.75. The Morgan fingerprint density at radius 3 is 2.21 bits per heavy atom. The van der Waals surface area contributed by atoms with E-state index >= 15 is 0 Å². The van der Waals surface area contributed by atoms with Gasteiger partial charge in [-0.3, -0.25) is 0 Å². The van der Waals surface area contributed by atoms with Gasteiger partial charge in [-0.2, -0.15) is 13.2 Å². The van der Waals surface area contributed by atoms with Crippen molar-refractivity contribution < 1.29 is 27.8 Å². The molecule has 0 amide bonds. The van der Waals surface area contributed by atoms with E-state index in [2.05, 4.69) is 0 Å². The number of rotatable bonds is 5. The molecule has 1 rings (SSSR count). The van der Waals surface area contributed by atoms with Crippen molar-refractivity contribution in [1.29, 1.82) is 0 Å². The number of aliphatic hydroxyl groups is 1. The molecule has 108 valence electrons. The fraction of sp³-hybridized carbons (Fsp3) is 0.538. The van der Waals surface area contributed by atoms with E-state index < -0.39 is 18.2 Å². The Bertz CT molecular complexity index is 432. The maximum absolute atomic E-state index is 13.0. The fourth-order valence-corrected chi connectivity index (χ4v) is 1.77. The van der Waals surface area contributed by atoms with Crippen LogP contribution in [0.3, 0.4) is 0 Å². The Kier molecular flexibility index (Phi) is 4.68. The van der Waals surface area contributed by atoms with Crippen molar-refractivity contribution in [3.05, 3.63) is 23.8 Å². The molecule has 6 heteroatoms. The normalized spacial score (nSPS) is 14.9. The van der Waals surface area contributed by atoms with Gasteiger partial charge < -0.3 is 14.6 Å². The molecule has 1 N–H and O–H groups in total. The van der Waals surface area contributed by atoms with Crippen LogP contribution in [0.25, 0.3) is 0 Å². The molecule has 1 atom stereocenters. The van der Waals surface area contributed by atoms with Gasteiger partial charge in [0.1, 0.15) is 0 Å². The van der Waals surface area contributed by atoms with Crippen LogP contribution in [0, 0.1) is 0 Å². The number of benzene rings is 1. The maximum Gasteiger partial charge on any atom is 0.421 e. The van der Waals surface area contributed by atoms with E-state index in [0.717, 1.165) is 6.07 Å². The lowest BCUT2D eigenvalue weighted by atomic mass is 9.90. The quantitative estimate of drug-likeness (QED) is 0.898. The lowest BCUT2D eigenvalue weighted by Gasteiger charge is -2.30. The van der Waals surface area contributed by atoms with Crippen LogP contribution in [0.5, 0.6) is 11.5 Å². The molecule has 1 aromatic rings. The van der Waals surface area contributed by atoms with Crippen molar-refractivity contribution in [3.8, 4) is 11.5 Å². The Morgan fingerprint density at radius 1 is 1.16 bits per heavy atom. The molecule has 0 spiro atoms. The third-order valence-electron chi connectivity index (χ3n) is 2.92. The molecule has 0 fully saturated rings. The molecule has 1 aromatic carbocycles. The molecular weight excluding hydrogens is 261 g/mol. The van der Waals surface area contributed by atoms with Crippen LogP contribution in [0.4, 0.5) is 13.2 Å². The second-order valence-corrected chi connectivity index (χ2v) is 4.01. The lowest BCUT2D eigenvalue weighted by molar-refractivity contribution is -0.267. The smallest absolute Gasteiger partial charge is 0.421 e. The second-order valence-electron chi connectivity index (χ2n) is 4.01. The van der Waals surface area contributed by atoms with E-state index in [1.807, 2.05) is 0 Å². The third kappa shape index (κ3) is 2.94. The average molecular weight is 278 g/mol. The second kappa shape index (κ2) is 5.69. The zero-order valence-electron chi connectivity index (χ0n) is 11.0. The van der Waals surface area contributed by atoms with Gasteiger partial charge >= 0.3 is 6.18 Å². The molecule has 0 saturated heterocycles. The Labute approximate surface area is 110 Å². The standard InChI is InChI=1S/C13H17F3O3/c1-4-12(17,13(14,15)16)9-6-7-10(19-5-2)11(8-9)18-3/h6-8,17H,4-5H2,1-3H3. The predicted octanol–water partition coefficient (Wildman–Crippen LogP) is 3.25. The summed E-state index contributed by atoms with van der Waals surface area (Å²) in [5.41, 5.74) is -3.15. The number of ether oxygens (including phenoxy) is 2. The van der Waals surface area contributed by atoms with E-state index in [0.29, 0.717) is 12.4 Å². The molecule has 0 saturated carbocycles. The zero-order chi connectivity index (χ0) is 14.7. The van der Waals surface area contributed by atoms with Crippen LogP contribution >= 0.6 is 0 Å². The summed E-state index contributed by atoms with van der Waals surface area (Å²) >= 11 is 0. The van der Waals surface area contributed by atoms with Crippen LogP contribution in [0.1, 0.15) is 25.8 Å². The molecule has 0 aliphatic carbocycles. The molecule has 0 radical (unpaired) electrons. The Balaban J connectivity index is 3.28. The summed E-state index contributed by atoms with van der Waals surface area (Å²) in [4.78, 5) is 0. The molecular formula is C13H17F3O3. The summed E-state index contributed by atoms with van der Waals surface area (Å²) in [5, 5.41) is 9.85. The minimum Gasteiger partial charge on any atom is -0.493 e.